The average Bonchev–Trinajstić information content (AvgIpc) is 3.22. The number of nitrogens with zero attached hydrogens (tertiary/aromatic N) is 6. The molecule has 35 heavy (non-hydrogen) atoms. The largest absolute Gasteiger partial charge is 0.363 e. The minimum absolute atomic E-state index is 0.192. The molecule has 0 bridgehead atoms. The van der Waals surface area contributed by atoms with Gasteiger partial charge in [0.2, 0.25) is 5.95 Å². The van der Waals surface area contributed by atoms with Crippen LogP contribution < -0.4 is 5.32 Å². The van der Waals surface area contributed by atoms with E-state index in [9.17, 15) is 8.78 Å². The van der Waals surface area contributed by atoms with Crippen molar-refractivity contribution in [1.82, 2.24) is 24.5 Å². The second-order valence-electron chi connectivity index (χ2n) is 9.90. The zero-order chi connectivity index (χ0) is 24.7. The maximum absolute atomic E-state index is 13.2. The molecule has 1 aliphatic heterocycles. The van der Waals surface area contributed by atoms with Crippen LogP contribution in [-0.4, -0.2) is 55.2 Å². The quantitative estimate of drug-likeness (QED) is 0.463. The lowest BCUT2D eigenvalue weighted by Crippen LogP contribution is -2.56. The SMILES string of the molecule is C=C([C@H]1CC[C@@H](Nc2ncc3c(-c4ccc(N=C(C)C)c(C)n4)ccn3n2)CC1)N1CC(F)(F)C1. The number of pyridine rings is 1. The van der Waals surface area contributed by atoms with Crippen molar-refractivity contribution in [3.05, 3.63) is 48.6 Å². The predicted molar refractivity (Wildman–Crippen MR) is 134 cm³/mol. The van der Waals surface area contributed by atoms with Crippen LogP contribution in [0, 0.1) is 12.8 Å². The van der Waals surface area contributed by atoms with Gasteiger partial charge < -0.3 is 10.2 Å². The number of fused-ring (bicyclic) bond motifs is 1. The predicted octanol–water partition coefficient (Wildman–Crippen LogP) is 5.65. The minimum Gasteiger partial charge on any atom is -0.363 e. The Morgan fingerprint density at radius 1 is 1.14 bits per heavy atom. The summed E-state index contributed by atoms with van der Waals surface area (Å²) in [5.74, 6) is -1.71. The third-order valence-electron chi connectivity index (χ3n) is 6.88. The number of aliphatic imine (C=N–C) groups is 1. The number of hydrogen-bond acceptors (Lipinski definition) is 6. The molecule has 0 radical (unpaired) electrons. The average molecular weight is 480 g/mol. The first kappa shape index (κ1) is 23.4. The number of rotatable bonds is 6. The lowest BCUT2D eigenvalue weighted by atomic mass is 9.83. The zero-order valence-corrected chi connectivity index (χ0v) is 20.4. The van der Waals surface area contributed by atoms with Crippen molar-refractivity contribution in [1.29, 1.82) is 0 Å². The van der Waals surface area contributed by atoms with Crippen LogP contribution in [-0.2, 0) is 0 Å². The summed E-state index contributed by atoms with van der Waals surface area (Å²) in [5.41, 5.74) is 6.32. The van der Waals surface area contributed by atoms with Crippen LogP contribution in [0.15, 0.2) is 47.9 Å². The van der Waals surface area contributed by atoms with E-state index in [1.807, 2.05) is 55.9 Å². The summed E-state index contributed by atoms with van der Waals surface area (Å²) in [6.45, 7) is 9.61. The molecule has 1 saturated carbocycles. The first-order chi connectivity index (χ1) is 16.7. The van der Waals surface area contributed by atoms with Crippen LogP contribution in [0.3, 0.4) is 0 Å². The molecule has 1 aliphatic carbocycles. The van der Waals surface area contributed by atoms with E-state index in [0.29, 0.717) is 5.95 Å². The van der Waals surface area contributed by atoms with Gasteiger partial charge in [0.25, 0.3) is 5.92 Å². The Labute approximate surface area is 204 Å². The number of anilines is 1. The molecule has 7 nitrogen and oxygen atoms in total. The van der Waals surface area contributed by atoms with E-state index in [4.69, 9.17) is 4.98 Å². The highest BCUT2D eigenvalue weighted by Gasteiger charge is 2.45. The smallest absolute Gasteiger partial charge is 0.282 e. The highest BCUT2D eigenvalue weighted by molar-refractivity contribution is 5.83. The van der Waals surface area contributed by atoms with Gasteiger partial charge >= 0.3 is 0 Å². The van der Waals surface area contributed by atoms with Gasteiger partial charge in [-0.05, 0) is 70.6 Å². The molecule has 0 spiro atoms. The van der Waals surface area contributed by atoms with Crippen molar-refractivity contribution < 1.29 is 8.78 Å². The molecule has 2 aliphatic rings. The number of likely N-dealkylation sites (tertiary alicyclic amines) is 1. The van der Waals surface area contributed by atoms with Crippen LogP contribution >= 0.6 is 0 Å². The summed E-state index contributed by atoms with van der Waals surface area (Å²) in [6, 6.07) is 6.22. The summed E-state index contributed by atoms with van der Waals surface area (Å²) in [4.78, 5) is 15.5. The second kappa shape index (κ2) is 9.02. The number of alkyl halides is 2. The number of halogens is 2. The summed E-state index contributed by atoms with van der Waals surface area (Å²) in [6.07, 6.45) is 7.46. The summed E-state index contributed by atoms with van der Waals surface area (Å²) in [7, 11) is 0. The summed E-state index contributed by atoms with van der Waals surface area (Å²) < 4.78 is 28.2. The Morgan fingerprint density at radius 2 is 1.89 bits per heavy atom. The molecule has 0 amide bonds. The number of hydrogen-bond donors (Lipinski definition) is 1. The van der Waals surface area contributed by atoms with Crippen LogP contribution in [0.1, 0.15) is 45.2 Å². The topological polar surface area (TPSA) is 70.7 Å². The van der Waals surface area contributed by atoms with Gasteiger partial charge in [0, 0.05) is 29.2 Å². The van der Waals surface area contributed by atoms with Crippen LogP contribution in [0.25, 0.3) is 16.8 Å². The fourth-order valence-electron chi connectivity index (χ4n) is 4.97. The van der Waals surface area contributed by atoms with Crippen LogP contribution in [0.5, 0.6) is 0 Å². The molecule has 9 heteroatoms. The Morgan fingerprint density at radius 3 is 2.54 bits per heavy atom. The number of aromatic nitrogens is 4. The molecule has 5 rings (SSSR count). The second-order valence-corrected chi connectivity index (χ2v) is 9.90. The lowest BCUT2D eigenvalue weighted by Gasteiger charge is -2.45. The number of aryl methyl sites for hydroxylation is 1. The number of nitrogens with one attached hydrogen (secondary N) is 1. The lowest BCUT2D eigenvalue weighted by molar-refractivity contribution is -0.120. The first-order valence-electron chi connectivity index (χ1n) is 12.1. The van der Waals surface area contributed by atoms with Gasteiger partial charge in [-0.25, -0.2) is 18.3 Å². The van der Waals surface area contributed by atoms with Gasteiger partial charge in [0.1, 0.15) is 0 Å². The van der Waals surface area contributed by atoms with Crippen molar-refractivity contribution in [2.45, 2.75) is 58.4 Å². The minimum atomic E-state index is -2.56. The highest BCUT2D eigenvalue weighted by Crippen LogP contribution is 2.37. The Bertz CT molecular complexity index is 1280. The molecule has 4 heterocycles. The Kier molecular flexibility index (Phi) is 6.02. The fourth-order valence-corrected chi connectivity index (χ4v) is 4.97. The van der Waals surface area contributed by atoms with Gasteiger partial charge in [0.15, 0.2) is 0 Å². The van der Waals surface area contributed by atoms with E-state index in [-0.39, 0.29) is 25.0 Å². The molecule has 1 N–H and O–H groups in total. The van der Waals surface area contributed by atoms with Crippen molar-refractivity contribution in [2.75, 3.05) is 18.4 Å². The van der Waals surface area contributed by atoms with Gasteiger partial charge in [-0.15, -0.1) is 5.10 Å². The van der Waals surface area contributed by atoms with Crippen molar-refractivity contribution in [3.63, 3.8) is 0 Å². The molecule has 0 aromatic carbocycles. The van der Waals surface area contributed by atoms with E-state index in [2.05, 4.69) is 27.0 Å². The molecule has 3 aromatic heterocycles. The van der Waals surface area contributed by atoms with Crippen LogP contribution in [0.2, 0.25) is 0 Å². The maximum Gasteiger partial charge on any atom is 0.282 e. The van der Waals surface area contributed by atoms with E-state index in [0.717, 1.165) is 65.2 Å². The molecule has 0 unspecified atom stereocenters. The highest BCUT2D eigenvalue weighted by atomic mass is 19.3. The summed E-state index contributed by atoms with van der Waals surface area (Å²) in [5, 5.41) is 8.10. The molecule has 184 valence electrons. The van der Waals surface area contributed by atoms with E-state index in [1.165, 1.54) is 0 Å². The maximum atomic E-state index is 13.2. The molecule has 2 fully saturated rings. The monoisotopic (exact) mass is 479 g/mol. The van der Waals surface area contributed by atoms with Gasteiger partial charge in [-0.1, -0.05) is 6.58 Å². The van der Waals surface area contributed by atoms with Crippen molar-refractivity contribution in [2.24, 2.45) is 10.9 Å². The third-order valence-corrected chi connectivity index (χ3v) is 6.88. The molecule has 1 saturated heterocycles. The summed E-state index contributed by atoms with van der Waals surface area (Å²) >= 11 is 0. The Hall–Kier alpha value is -3.36. The molecule has 3 aromatic rings. The molecular formula is C26H31F2N7. The normalized spacial score (nSPS) is 21.5. The van der Waals surface area contributed by atoms with E-state index in [1.54, 1.807) is 4.90 Å². The van der Waals surface area contributed by atoms with Crippen molar-refractivity contribution >= 4 is 22.9 Å². The van der Waals surface area contributed by atoms with Crippen molar-refractivity contribution in [3.8, 4) is 11.3 Å². The van der Waals surface area contributed by atoms with Gasteiger partial charge in [0.05, 0.1) is 41.9 Å². The van der Waals surface area contributed by atoms with E-state index < -0.39 is 5.92 Å². The van der Waals surface area contributed by atoms with Gasteiger partial charge in [-0.2, -0.15) is 0 Å². The first-order valence-corrected chi connectivity index (χ1v) is 12.1. The fraction of sp³-hybridized carbons (Fsp3) is 0.462. The molecular weight excluding hydrogens is 448 g/mol. The zero-order valence-electron chi connectivity index (χ0n) is 20.4. The van der Waals surface area contributed by atoms with Gasteiger partial charge in [-0.3, -0.25) is 9.98 Å². The Balaban J connectivity index is 1.23. The third kappa shape index (κ3) is 4.90. The number of allylic oxidation sites excluding steroid dienone is 1. The standard InChI is InChI=1S/C26H31F2N7/c1-16(2)30-22-9-10-23(31-17(22)3)21-11-12-35-24(21)13-29-25(33-35)32-20-7-5-19(6-8-20)18(4)34-14-26(27,28)15-34/h9-13,19-20H,4-8,14-15H2,1-3H3,(H,32,33)/t19-,20+. The molecule has 0 atom stereocenters. The van der Waals surface area contributed by atoms with Crippen LogP contribution in [0.4, 0.5) is 20.4 Å². The van der Waals surface area contributed by atoms with E-state index >= 15 is 0 Å².